The molecule has 1 amide bonds. The predicted molar refractivity (Wildman–Crippen MR) is 109 cm³/mol. The summed E-state index contributed by atoms with van der Waals surface area (Å²) in [6.45, 7) is 2.61. The quantitative estimate of drug-likeness (QED) is 0.550. The van der Waals surface area contributed by atoms with Gasteiger partial charge in [-0.05, 0) is 36.3 Å². The number of carbonyl (C=O) groups is 2. The number of hydrogen-bond acceptors (Lipinski definition) is 6. The van der Waals surface area contributed by atoms with Crippen LogP contribution in [0.3, 0.4) is 0 Å². The maximum Gasteiger partial charge on any atom is 0.270 e. The summed E-state index contributed by atoms with van der Waals surface area (Å²) in [6, 6.07) is 13.4. The molecule has 0 spiro atoms. The van der Waals surface area contributed by atoms with Gasteiger partial charge < -0.3 is 14.6 Å². The zero-order valence-electron chi connectivity index (χ0n) is 14.5. The fourth-order valence-corrected chi connectivity index (χ4v) is 3.84. The van der Waals surface area contributed by atoms with Crippen molar-refractivity contribution in [1.82, 2.24) is 0 Å². The van der Waals surface area contributed by atoms with Crippen molar-refractivity contribution < 1.29 is 19.4 Å². The number of para-hydroxylation sites is 1. The molecule has 138 valence electrons. The second-order valence-electron chi connectivity index (χ2n) is 5.74. The van der Waals surface area contributed by atoms with Crippen molar-refractivity contribution in [3.63, 3.8) is 0 Å². The van der Waals surface area contributed by atoms with E-state index >= 15 is 0 Å². The minimum absolute atomic E-state index is 0.0103. The number of aromatic carboxylic acids is 1. The van der Waals surface area contributed by atoms with E-state index in [2.05, 4.69) is 0 Å². The van der Waals surface area contributed by atoms with Crippen molar-refractivity contribution in [2.45, 2.75) is 13.3 Å². The molecule has 7 heteroatoms. The minimum Gasteiger partial charge on any atom is -0.545 e. The van der Waals surface area contributed by atoms with Crippen LogP contribution in [0.2, 0.25) is 0 Å². The summed E-state index contributed by atoms with van der Waals surface area (Å²) < 4.78 is 6.07. The van der Waals surface area contributed by atoms with Crippen molar-refractivity contribution in [3.8, 4) is 5.75 Å². The lowest BCUT2D eigenvalue weighted by molar-refractivity contribution is -0.255. The molecule has 0 N–H and O–H groups in total. The number of nitrogens with zero attached hydrogens (tertiary/aromatic N) is 1. The Morgan fingerprint density at radius 1 is 1.26 bits per heavy atom. The topological polar surface area (TPSA) is 69.7 Å². The first-order valence-electron chi connectivity index (χ1n) is 8.32. The highest BCUT2D eigenvalue weighted by Crippen LogP contribution is 2.37. The largest absolute Gasteiger partial charge is 0.545 e. The zero-order chi connectivity index (χ0) is 19.4. The van der Waals surface area contributed by atoms with Gasteiger partial charge in [0, 0.05) is 5.56 Å². The van der Waals surface area contributed by atoms with E-state index in [0.717, 1.165) is 12.0 Å². The molecule has 0 radical (unpaired) electrons. The van der Waals surface area contributed by atoms with Gasteiger partial charge in [-0.15, -0.1) is 0 Å². The summed E-state index contributed by atoms with van der Waals surface area (Å²) in [4.78, 5) is 25.7. The fourth-order valence-electron chi connectivity index (χ4n) is 2.55. The van der Waals surface area contributed by atoms with Crippen LogP contribution in [0.15, 0.2) is 53.4 Å². The van der Waals surface area contributed by atoms with E-state index in [9.17, 15) is 14.7 Å². The Morgan fingerprint density at radius 3 is 2.78 bits per heavy atom. The molecule has 1 aliphatic heterocycles. The number of rotatable bonds is 6. The van der Waals surface area contributed by atoms with Crippen molar-refractivity contribution in [3.05, 3.63) is 64.6 Å². The molecular weight excluding hydrogens is 382 g/mol. The molecule has 1 saturated heterocycles. The number of thiocarbonyl (C=S) groups is 1. The summed E-state index contributed by atoms with van der Waals surface area (Å²) >= 11 is 6.51. The number of ether oxygens (including phenoxy) is 1. The summed E-state index contributed by atoms with van der Waals surface area (Å²) in [5, 5.41) is 11.1. The molecule has 1 aliphatic rings. The number of anilines is 1. The van der Waals surface area contributed by atoms with Gasteiger partial charge in [0.25, 0.3) is 5.91 Å². The molecule has 0 unspecified atom stereocenters. The fraction of sp³-hybridized carbons (Fsp3) is 0.150. The third-order valence-electron chi connectivity index (χ3n) is 3.80. The van der Waals surface area contributed by atoms with Crippen LogP contribution < -0.4 is 14.7 Å². The Bertz CT molecular complexity index is 939. The first kappa shape index (κ1) is 19.1. The molecule has 0 aliphatic carbocycles. The van der Waals surface area contributed by atoms with Crippen LogP contribution in [0, 0.1) is 0 Å². The molecule has 0 aromatic heterocycles. The van der Waals surface area contributed by atoms with E-state index in [0.29, 0.717) is 27.3 Å². The second kappa shape index (κ2) is 8.37. The Labute approximate surface area is 166 Å². The van der Waals surface area contributed by atoms with Gasteiger partial charge >= 0.3 is 0 Å². The Balaban J connectivity index is 1.92. The third-order valence-corrected chi connectivity index (χ3v) is 5.10. The van der Waals surface area contributed by atoms with Gasteiger partial charge in [0.2, 0.25) is 0 Å². The highest BCUT2D eigenvalue weighted by molar-refractivity contribution is 8.27. The monoisotopic (exact) mass is 398 g/mol. The van der Waals surface area contributed by atoms with Crippen LogP contribution in [-0.4, -0.2) is 22.8 Å². The van der Waals surface area contributed by atoms with Crippen LogP contribution in [0.4, 0.5) is 5.69 Å². The maximum atomic E-state index is 12.9. The first-order valence-corrected chi connectivity index (χ1v) is 9.55. The van der Waals surface area contributed by atoms with Crippen LogP contribution in [0.1, 0.15) is 29.3 Å². The van der Waals surface area contributed by atoms with E-state index < -0.39 is 5.97 Å². The molecule has 0 bridgehead atoms. The lowest BCUT2D eigenvalue weighted by atomic mass is 10.1. The molecule has 0 atom stereocenters. The van der Waals surface area contributed by atoms with Gasteiger partial charge in [-0.1, -0.05) is 61.2 Å². The number of thioether (sulfide) groups is 1. The number of carbonyl (C=O) groups excluding carboxylic acids is 2. The average molecular weight is 398 g/mol. The van der Waals surface area contributed by atoms with Crippen molar-refractivity contribution in [2.24, 2.45) is 0 Å². The highest BCUT2D eigenvalue weighted by Gasteiger charge is 2.33. The SMILES string of the molecule is CCCOc1ccccc1/C=C1/SC(=S)N(c2cccc(C(=O)[O-])c2)C1=O. The molecule has 1 fully saturated rings. The van der Waals surface area contributed by atoms with Gasteiger partial charge in [0.05, 0.1) is 23.2 Å². The van der Waals surface area contributed by atoms with E-state index in [1.165, 1.54) is 28.8 Å². The van der Waals surface area contributed by atoms with Gasteiger partial charge in [-0.3, -0.25) is 9.69 Å². The first-order chi connectivity index (χ1) is 13.0. The lowest BCUT2D eigenvalue weighted by Crippen LogP contribution is -2.28. The molecule has 2 aromatic carbocycles. The third kappa shape index (κ3) is 4.20. The predicted octanol–water partition coefficient (Wildman–Crippen LogP) is 3.24. The molecule has 27 heavy (non-hydrogen) atoms. The number of amides is 1. The van der Waals surface area contributed by atoms with E-state index in [4.69, 9.17) is 17.0 Å². The number of carboxylic acid groups (broad SMARTS) is 1. The Hall–Kier alpha value is -2.64. The second-order valence-corrected chi connectivity index (χ2v) is 7.42. The minimum atomic E-state index is -1.31. The smallest absolute Gasteiger partial charge is 0.270 e. The number of carboxylic acids is 1. The van der Waals surface area contributed by atoms with Gasteiger partial charge in [0.1, 0.15) is 5.75 Å². The average Bonchev–Trinajstić information content (AvgIpc) is 2.94. The normalized spacial score (nSPS) is 15.4. The summed E-state index contributed by atoms with van der Waals surface area (Å²) in [5.41, 5.74) is 1.18. The molecule has 5 nitrogen and oxygen atoms in total. The summed E-state index contributed by atoms with van der Waals surface area (Å²) in [7, 11) is 0. The van der Waals surface area contributed by atoms with Crippen molar-refractivity contribution >= 4 is 51.9 Å². The standard InChI is InChI=1S/C20H17NO4S2/c1-2-10-25-16-9-4-3-6-13(16)12-17-18(22)21(20(26)27-17)15-8-5-7-14(11-15)19(23)24/h3-9,11-12H,2,10H2,1H3,(H,23,24)/p-1/b17-12+. The van der Waals surface area contributed by atoms with Crippen LogP contribution >= 0.6 is 24.0 Å². The molecular formula is C20H16NO4S2-. The Morgan fingerprint density at radius 2 is 2.04 bits per heavy atom. The number of benzene rings is 2. The lowest BCUT2D eigenvalue weighted by Gasteiger charge is -2.16. The number of hydrogen-bond donors (Lipinski definition) is 0. The molecule has 3 rings (SSSR count). The maximum absolute atomic E-state index is 12.9. The Kier molecular flexibility index (Phi) is 5.93. The molecule has 0 saturated carbocycles. The van der Waals surface area contributed by atoms with Gasteiger partial charge in [0.15, 0.2) is 4.32 Å². The summed E-state index contributed by atoms with van der Waals surface area (Å²) in [6.07, 6.45) is 2.62. The highest BCUT2D eigenvalue weighted by atomic mass is 32.2. The zero-order valence-corrected chi connectivity index (χ0v) is 16.1. The van der Waals surface area contributed by atoms with E-state index in [1.54, 1.807) is 18.2 Å². The molecule has 2 aromatic rings. The van der Waals surface area contributed by atoms with Crippen LogP contribution in [-0.2, 0) is 4.79 Å². The van der Waals surface area contributed by atoms with E-state index in [1.807, 2.05) is 31.2 Å². The summed E-state index contributed by atoms with van der Waals surface area (Å²) in [5.74, 6) is -0.908. The van der Waals surface area contributed by atoms with Gasteiger partial charge in [-0.2, -0.15) is 0 Å². The van der Waals surface area contributed by atoms with Crippen LogP contribution in [0.5, 0.6) is 5.75 Å². The van der Waals surface area contributed by atoms with Crippen molar-refractivity contribution in [1.29, 1.82) is 0 Å². The van der Waals surface area contributed by atoms with E-state index in [-0.39, 0.29) is 11.5 Å². The molecule has 1 heterocycles. The van der Waals surface area contributed by atoms with Crippen molar-refractivity contribution in [2.75, 3.05) is 11.5 Å². The van der Waals surface area contributed by atoms with Gasteiger partial charge in [-0.25, -0.2) is 0 Å². The van der Waals surface area contributed by atoms with Crippen LogP contribution in [0.25, 0.3) is 6.08 Å².